The summed E-state index contributed by atoms with van der Waals surface area (Å²) in [5.41, 5.74) is 4.19. The molecule has 0 saturated heterocycles. The fourth-order valence-corrected chi connectivity index (χ4v) is 3.34. The van der Waals surface area contributed by atoms with Crippen molar-refractivity contribution >= 4 is 29.5 Å². The first kappa shape index (κ1) is 21.8. The maximum Gasteiger partial charge on any atom is 0.363 e. The van der Waals surface area contributed by atoms with E-state index in [0.29, 0.717) is 17.5 Å². The lowest BCUT2D eigenvalue weighted by molar-refractivity contribution is -0.129. The van der Waals surface area contributed by atoms with E-state index >= 15 is 0 Å². The van der Waals surface area contributed by atoms with E-state index < -0.39 is 5.97 Å². The van der Waals surface area contributed by atoms with Gasteiger partial charge in [-0.15, -0.1) is 0 Å². The highest BCUT2D eigenvalue weighted by Crippen LogP contribution is 2.25. The van der Waals surface area contributed by atoms with Gasteiger partial charge in [0.1, 0.15) is 12.4 Å². The highest BCUT2D eigenvalue weighted by Gasteiger charge is 2.24. The van der Waals surface area contributed by atoms with Crippen molar-refractivity contribution in [1.29, 1.82) is 0 Å². The number of rotatable bonds is 5. The molecule has 162 valence electrons. The predicted octanol–water partition coefficient (Wildman–Crippen LogP) is 6.56. The second kappa shape index (κ2) is 9.01. The molecule has 0 bridgehead atoms. The summed E-state index contributed by atoms with van der Waals surface area (Å²) in [6.45, 7) is 6.92. The molecule has 1 aliphatic heterocycles. The molecule has 0 atom stereocenters. The minimum absolute atomic E-state index is 0.0580. The van der Waals surface area contributed by atoms with Gasteiger partial charge in [-0.1, -0.05) is 68.8 Å². The van der Waals surface area contributed by atoms with Crippen LogP contribution in [0.5, 0.6) is 5.75 Å². The van der Waals surface area contributed by atoms with Crippen LogP contribution in [0, 0.1) is 0 Å². The highest BCUT2D eigenvalue weighted by molar-refractivity contribution is 6.30. The van der Waals surface area contributed by atoms with Crippen LogP contribution in [-0.2, 0) is 21.6 Å². The maximum absolute atomic E-state index is 12.3. The van der Waals surface area contributed by atoms with Crippen LogP contribution in [0.2, 0.25) is 5.02 Å². The number of ether oxygens (including phenoxy) is 2. The molecule has 0 aromatic heterocycles. The molecule has 0 aliphatic carbocycles. The number of nitrogens with zero attached hydrogens (tertiary/aromatic N) is 1. The Hall–Kier alpha value is -3.37. The third kappa shape index (κ3) is 5.27. The van der Waals surface area contributed by atoms with Crippen LogP contribution in [0.15, 0.2) is 83.5 Å². The van der Waals surface area contributed by atoms with Gasteiger partial charge in [-0.25, -0.2) is 9.79 Å². The van der Waals surface area contributed by atoms with Crippen LogP contribution in [-0.4, -0.2) is 11.9 Å². The Bertz CT molecular complexity index is 1170. The van der Waals surface area contributed by atoms with E-state index in [9.17, 15) is 4.79 Å². The predicted molar refractivity (Wildman–Crippen MR) is 128 cm³/mol. The van der Waals surface area contributed by atoms with Gasteiger partial charge in [0.15, 0.2) is 5.70 Å². The lowest BCUT2D eigenvalue weighted by atomic mass is 9.87. The summed E-state index contributed by atoms with van der Waals surface area (Å²) in [4.78, 5) is 16.7. The van der Waals surface area contributed by atoms with Gasteiger partial charge in [0.2, 0.25) is 5.90 Å². The number of carbonyl (C=O) groups is 1. The zero-order chi connectivity index (χ0) is 22.7. The van der Waals surface area contributed by atoms with Gasteiger partial charge in [-0.2, -0.15) is 0 Å². The van der Waals surface area contributed by atoms with Crippen molar-refractivity contribution in [3.63, 3.8) is 0 Å². The van der Waals surface area contributed by atoms with Crippen molar-refractivity contribution in [3.05, 3.63) is 106 Å². The fraction of sp³-hybridized carbons (Fsp3) is 0.185. The second-order valence-electron chi connectivity index (χ2n) is 8.65. The maximum atomic E-state index is 12.3. The molecule has 4 nitrogen and oxygen atoms in total. The number of carbonyl (C=O) groups excluding carboxylic acids is 1. The molecule has 32 heavy (non-hydrogen) atoms. The molecule has 0 saturated carbocycles. The molecule has 0 N–H and O–H groups in total. The van der Waals surface area contributed by atoms with Gasteiger partial charge in [-0.05, 0) is 64.6 Å². The van der Waals surface area contributed by atoms with Crippen molar-refractivity contribution in [2.45, 2.75) is 32.8 Å². The molecule has 5 heteroatoms. The second-order valence-corrected chi connectivity index (χ2v) is 9.08. The lowest BCUT2D eigenvalue weighted by Crippen LogP contribution is -2.11. The standard InChI is InChI=1S/C27H24ClNO3/c1-27(2,3)21-10-8-20(9-11-21)25-29-24(26(30)32-25)16-18-6-14-23(15-7-18)31-17-19-4-12-22(28)13-5-19/h4-16H,17H2,1-3H3. The topological polar surface area (TPSA) is 47.9 Å². The number of benzene rings is 3. The van der Waals surface area contributed by atoms with Crippen LogP contribution < -0.4 is 4.74 Å². The molecule has 0 amide bonds. The molecule has 0 unspecified atom stereocenters. The fourth-order valence-electron chi connectivity index (χ4n) is 3.21. The van der Waals surface area contributed by atoms with E-state index in [1.165, 1.54) is 5.56 Å². The number of cyclic esters (lactones) is 1. The van der Waals surface area contributed by atoms with E-state index in [1.807, 2.05) is 72.8 Å². The van der Waals surface area contributed by atoms with Gasteiger partial charge in [0, 0.05) is 10.6 Å². The molecule has 1 heterocycles. The van der Waals surface area contributed by atoms with Crippen molar-refractivity contribution in [2.24, 2.45) is 4.99 Å². The SMILES string of the molecule is CC(C)(C)c1ccc(C2=NC(=Cc3ccc(OCc4ccc(Cl)cc4)cc3)C(=O)O2)cc1. The Morgan fingerprint density at radius 1 is 0.938 bits per heavy atom. The highest BCUT2D eigenvalue weighted by atomic mass is 35.5. The van der Waals surface area contributed by atoms with Crippen LogP contribution in [0.1, 0.15) is 43.0 Å². The summed E-state index contributed by atoms with van der Waals surface area (Å²) in [7, 11) is 0. The van der Waals surface area contributed by atoms with Gasteiger partial charge in [-0.3, -0.25) is 0 Å². The Labute approximate surface area is 193 Å². The van der Waals surface area contributed by atoms with E-state index in [4.69, 9.17) is 21.1 Å². The Balaban J connectivity index is 1.44. The first-order valence-corrected chi connectivity index (χ1v) is 10.8. The summed E-state index contributed by atoms with van der Waals surface area (Å²) in [5, 5.41) is 0.698. The number of halogens is 1. The third-order valence-corrected chi connectivity index (χ3v) is 5.37. The Morgan fingerprint density at radius 3 is 2.22 bits per heavy atom. The zero-order valence-electron chi connectivity index (χ0n) is 18.3. The average molecular weight is 446 g/mol. The van der Waals surface area contributed by atoms with Crippen molar-refractivity contribution < 1.29 is 14.3 Å². The zero-order valence-corrected chi connectivity index (χ0v) is 19.0. The monoisotopic (exact) mass is 445 g/mol. The van der Waals surface area contributed by atoms with Gasteiger partial charge in [0.25, 0.3) is 0 Å². The summed E-state index contributed by atoms with van der Waals surface area (Å²) in [6, 6.07) is 23.0. The number of aliphatic imine (C=N–C) groups is 1. The number of hydrogen-bond acceptors (Lipinski definition) is 4. The Kier molecular flexibility index (Phi) is 6.15. The summed E-state index contributed by atoms with van der Waals surface area (Å²) in [5.74, 6) is 0.604. The molecule has 3 aromatic rings. The molecule has 3 aromatic carbocycles. The van der Waals surface area contributed by atoms with Gasteiger partial charge in [0.05, 0.1) is 0 Å². The van der Waals surface area contributed by atoms with E-state index in [0.717, 1.165) is 22.4 Å². The van der Waals surface area contributed by atoms with Crippen molar-refractivity contribution in [2.75, 3.05) is 0 Å². The lowest BCUT2D eigenvalue weighted by Gasteiger charge is -2.18. The van der Waals surface area contributed by atoms with Crippen molar-refractivity contribution in [1.82, 2.24) is 0 Å². The Morgan fingerprint density at radius 2 is 1.59 bits per heavy atom. The molecular formula is C27H24ClNO3. The third-order valence-electron chi connectivity index (χ3n) is 5.12. The minimum atomic E-state index is -0.456. The number of hydrogen-bond donors (Lipinski definition) is 0. The molecule has 0 spiro atoms. The van der Waals surface area contributed by atoms with Crippen LogP contribution in [0.25, 0.3) is 6.08 Å². The summed E-state index contributed by atoms with van der Waals surface area (Å²) in [6.07, 6.45) is 1.71. The first-order valence-electron chi connectivity index (χ1n) is 10.4. The molecular weight excluding hydrogens is 422 g/mol. The van der Waals surface area contributed by atoms with Crippen LogP contribution in [0.4, 0.5) is 0 Å². The smallest absolute Gasteiger partial charge is 0.363 e. The van der Waals surface area contributed by atoms with Gasteiger partial charge < -0.3 is 9.47 Å². The van der Waals surface area contributed by atoms with Crippen LogP contribution >= 0.6 is 11.6 Å². The minimum Gasteiger partial charge on any atom is -0.489 e. The number of esters is 1. The molecule has 0 fully saturated rings. The first-order chi connectivity index (χ1) is 15.3. The largest absolute Gasteiger partial charge is 0.489 e. The van der Waals surface area contributed by atoms with E-state index in [1.54, 1.807) is 6.08 Å². The van der Waals surface area contributed by atoms with Crippen LogP contribution in [0.3, 0.4) is 0 Å². The van der Waals surface area contributed by atoms with E-state index in [2.05, 4.69) is 25.8 Å². The van der Waals surface area contributed by atoms with E-state index in [-0.39, 0.29) is 11.1 Å². The average Bonchev–Trinajstić information content (AvgIpc) is 3.14. The summed E-state index contributed by atoms with van der Waals surface area (Å²) >= 11 is 5.90. The summed E-state index contributed by atoms with van der Waals surface area (Å²) < 4.78 is 11.2. The molecule has 0 radical (unpaired) electrons. The molecule has 1 aliphatic rings. The normalized spacial score (nSPS) is 14.9. The molecule has 4 rings (SSSR count). The van der Waals surface area contributed by atoms with Gasteiger partial charge >= 0.3 is 5.97 Å². The quantitative estimate of drug-likeness (QED) is 0.330. The van der Waals surface area contributed by atoms with Crippen molar-refractivity contribution in [3.8, 4) is 5.75 Å².